The van der Waals surface area contributed by atoms with Crippen LogP contribution in [0.3, 0.4) is 0 Å². The summed E-state index contributed by atoms with van der Waals surface area (Å²) in [6.07, 6.45) is -0.785. The molecule has 0 aromatic heterocycles. The second-order valence-corrected chi connectivity index (χ2v) is 8.48. The Morgan fingerprint density at radius 2 is 1.38 bits per heavy atom. The van der Waals surface area contributed by atoms with Gasteiger partial charge in [0.15, 0.2) is 5.96 Å². The van der Waals surface area contributed by atoms with E-state index in [2.05, 4.69) is 20.9 Å². The van der Waals surface area contributed by atoms with E-state index in [9.17, 15) is 39.0 Å². The van der Waals surface area contributed by atoms with Gasteiger partial charge in [-0.25, -0.2) is 4.79 Å². The molecule has 5 unspecified atom stereocenters. The van der Waals surface area contributed by atoms with Crippen LogP contribution >= 0.6 is 0 Å². The Bertz CT molecular complexity index is 861. The molecular weight excluding hydrogens is 492 g/mol. The van der Waals surface area contributed by atoms with E-state index in [1.54, 1.807) is 13.8 Å². The molecule has 0 bridgehead atoms. The molecule has 0 rings (SSSR count). The smallest absolute Gasteiger partial charge is 0.326 e. The van der Waals surface area contributed by atoms with Crippen LogP contribution in [0.5, 0.6) is 0 Å². The molecule has 0 spiro atoms. The van der Waals surface area contributed by atoms with Crippen LogP contribution in [0.4, 0.5) is 0 Å². The van der Waals surface area contributed by atoms with Gasteiger partial charge in [0.2, 0.25) is 23.6 Å². The number of aliphatic carboxylic acids is 2. The molecule has 0 saturated heterocycles. The van der Waals surface area contributed by atoms with Crippen molar-refractivity contribution in [3.05, 3.63) is 0 Å². The fourth-order valence-corrected chi connectivity index (χ4v) is 3.03. The summed E-state index contributed by atoms with van der Waals surface area (Å²) >= 11 is 0. The van der Waals surface area contributed by atoms with Crippen molar-refractivity contribution in [1.29, 1.82) is 0 Å². The minimum Gasteiger partial charge on any atom is -0.481 e. The molecule has 5 atom stereocenters. The number of hydrogen-bond acceptors (Lipinski definition) is 8. The van der Waals surface area contributed by atoms with Crippen LogP contribution < -0.4 is 38.9 Å². The van der Waals surface area contributed by atoms with E-state index >= 15 is 0 Å². The number of aliphatic imine (C=N–C) groups is 1. The van der Waals surface area contributed by atoms with Crippen molar-refractivity contribution < 1.29 is 39.0 Å². The van der Waals surface area contributed by atoms with Gasteiger partial charge in [-0.2, -0.15) is 0 Å². The first-order valence-electron chi connectivity index (χ1n) is 11.6. The lowest BCUT2D eigenvalue weighted by Gasteiger charge is -2.25. The quantitative estimate of drug-likeness (QED) is 0.0480. The van der Waals surface area contributed by atoms with Gasteiger partial charge in [0.05, 0.1) is 12.5 Å². The highest BCUT2D eigenvalue weighted by molar-refractivity contribution is 5.95. The summed E-state index contributed by atoms with van der Waals surface area (Å²) in [4.78, 5) is 75.9. The second-order valence-electron chi connectivity index (χ2n) is 8.48. The van der Waals surface area contributed by atoms with Gasteiger partial charge in [-0.05, 0) is 25.2 Å². The predicted molar refractivity (Wildman–Crippen MR) is 131 cm³/mol. The molecule has 16 nitrogen and oxygen atoms in total. The van der Waals surface area contributed by atoms with Crippen LogP contribution in [0.1, 0.15) is 52.4 Å². The second kappa shape index (κ2) is 16.7. The molecule has 210 valence electrons. The summed E-state index contributed by atoms with van der Waals surface area (Å²) in [7, 11) is 0. The van der Waals surface area contributed by atoms with E-state index in [0.717, 1.165) is 0 Å². The molecule has 4 amide bonds. The maximum absolute atomic E-state index is 12.8. The molecule has 0 aromatic rings. The Labute approximate surface area is 214 Å². The first-order chi connectivity index (χ1) is 17.2. The number of carboxylic acid groups (broad SMARTS) is 2. The lowest BCUT2D eigenvalue weighted by atomic mass is 9.99. The molecule has 0 aliphatic rings. The molecule has 0 saturated carbocycles. The third-order valence-corrected chi connectivity index (χ3v) is 5.44. The minimum absolute atomic E-state index is 0.0560. The van der Waals surface area contributed by atoms with Gasteiger partial charge in [0, 0.05) is 13.0 Å². The standard InChI is InChI=1S/C21H38N8O8/c1-3-10(2)16(23)19(35)29-13(9-15(31)32)18(34)27-11(6-7-14(22)30)17(33)28-12(20(36)37)5-4-8-26-21(24)25/h10-13,16H,3-9,23H2,1-2H3,(H2,22,30)(H,27,34)(H,28,33)(H,29,35)(H,31,32)(H,36,37)(H4,24,25,26). The highest BCUT2D eigenvalue weighted by Crippen LogP contribution is 2.08. The van der Waals surface area contributed by atoms with Crippen molar-refractivity contribution in [2.24, 2.45) is 33.8 Å². The number of carbonyl (C=O) groups excluding carboxylic acids is 4. The first-order valence-corrected chi connectivity index (χ1v) is 11.6. The zero-order valence-corrected chi connectivity index (χ0v) is 20.9. The first kappa shape index (κ1) is 33.0. The van der Waals surface area contributed by atoms with E-state index in [0.29, 0.717) is 6.42 Å². The number of amides is 4. The Morgan fingerprint density at radius 1 is 0.838 bits per heavy atom. The molecule has 13 N–H and O–H groups in total. The summed E-state index contributed by atoms with van der Waals surface area (Å²) in [5.41, 5.74) is 21.4. The van der Waals surface area contributed by atoms with Crippen molar-refractivity contribution in [3.63, 3.8) is 0 Å². The fraction of sp³-hybridized carbons (Fsp3) is 0.667. The number of guanidine groups is 1. The number of primary amides is 1. The topological polar surface area (TPSA) is 295 Å². The van der Waals surface area contributed by atoms with Gasteiger partial charge in [0.1, 0.15) is 18.1 Å². The Kier molecular flexibility index (Phi) is 14.9. The van der Waals surface area contributed by atoms with Gasteiger partial charge in [-0.15, -0.1) is 0 Å². The molecule has 0 radical (unpaired) electrons. The van der Waals surface area contributed by atoms with E-state index in [1.807, 2.05) is 0 Å². The van der Waals surface area contributed by atoms with E-state index < -0.39 is 66.2 Å². The van der Waals surface area contributed by atoms with Crippen molar-refractivity contribution in [2.45, 2.75) is 76.5 Å². The third kappa shape index (κ3) is 13.6. The van der Waals surface area contributed by atoms with Gasteiger partial charge in [-0.3, -0.25) is 29.0 Å². The summed E-state index contributed by atoms with van der Waals surface area (Å²) in [5, 5.41) is 25.4. The average Bonchev–Trinajstić information content (AvgIpc) is 2.80. The van der Waals surface area contributed by atoms with Crippen LogP contribution in [0.15, 0.2) is 4.99 Å². The van der Waals surface area contributed by atoms with Crippen molar-refractivity contribution in [3.8, 4) is 0 Å². The van der Waals surface area contributed by atoms with E-state index in [4.69, 9.17) is 22.9 Å². The highest BCUT2D eigenvalue weighted by atomic mass is 16.4. The van der Waals surface area contributed by atoms with E-state index in [-0.39, 0.29) is 44.1 Å². The lowest BCUT2D eigenvalue weighted by molar-refractivity contribution is -0.143. The van der Waals surface area contributed by atoms with Crippen LogP contribution in [0.25, 0.3) is 0 Å². The molecule has 0 aromatic carbocycles. The molecule has 0 aliphatic heterocycles. The number of nitrogens with zero attached hydrogens (tertiary/aromatic N) is 1. The highest BCUT2D eigenvalue weighted by Gasteiger charge is 2.32. The number of carboxylic acids is 2. The third-order valence-electron chi connectivity index (χ3n) is 5.44. The Morgan fingerprint density at radius 3 is 1.86 bits per heavy atom. The van der Waals surface area contributed by atoms with Gasteiger partial charge in [0.25, 0.3) is 0 Å². The van der Waals surface area contributed by atoms with Crippen molar-refractivity contribution in [2.75, 3.05) is 6.54 Å². The predicted octanol–water partition coefficient (Wildman–Crippen LogP) is -3.31. The molecular formula is C21H38N8O8. The average molecular weight is 531 g/mol. The minimum atomic E-state index is -1.60. The lowest BCUT2D eigenvalue weighted by Crippen LogP contribution is -2.58. The molecule has 37 heavy (non-hydrogen) atoms. The van der Waals surface area contributed by atoms with Gasteiger partial charge < -0.3 is 49.1 Å². The summed E-state index contributed by atoms with van der Waals surface area (Å²) < 4.78 is 0. The van der Waals surface area contributed by atoms with Gasteiger partial charge >= 0.3 is 11.9 Å². The molecule has 0 fully saturated rings. The maximum atomic E-state index is 12.8. The van der Waals surface area contributed by atoms with Crippen LogP contribution in [0, 0.1) is 5.92 Å². The fourth-order valence-electron chi connectivity index (χ4n) is 3.03. The SMILES string of the molecule is CCC(C)C(N)C(=O)NC(CC(=O)O)C(=O)NC(CCC(N)=O)C(=O)NC(CCCN=C(N)N)C(=O)O. The van der Waals surface area contributed by atoms with Crippen LogP contribution in [0.2, 0.25) is 0 Å². The van der Waals surface area contributed by atoms with Crippen molar-refractivity contribution >= 4 is 41.5 Å². The number of nitrogens with one attached hydrogen (secondary N) is 3. The number of hydrogen-bond donors (Lipinski definition) is 9. The summed E-state index contributed by atoms with van der Waals surface area (Å²) in [6, 6.07) is -5.45. The van der Waals surface area contributed by atoms with E-state index in [1.165, 1.54) is 0 Å². The zero-order chi connectivity index (χ0) is 28.7. The van der Waals surface area contributed by atoms with Crippen LogP contribution in [-0.4, -0.2) is 82.5 Å². The number of nitrogens with two attached hydrogens (primary N) is 4. The summed E-state index contributed by atoms with van der Waals surface area (Å²) in [6.45, 7) is 3.61. The summed E-state index contributed by atoms with van der Waals surface area (Å²) in [5.74, 6) is -6.79. The Hall–Kier alpha value is -3.95. The molecule has 0 heterocycles. The molecule has 0 aliphatic carbocycles. The van der Waals surface area contributed by atoms with Gasteiger partial charge in [-0.1, -0.05) is 20.3 Å². The monoisotopic (exact) mass is 530 g/mol. The largest absolute Gasteiger partial charge is 0.481 e. The number of rotatable bonds is 18. The van der Waals surface area contributed by atoms with Crippen molar-refractivity contribution in [1.82, 2.24) is 16.0 Å². The van der Waals surface area contributed by atoms with Crippen LogP contribution in [-0.2, 0) is 28.8 Å². The normalized spacial score (nSPS) is 14.7. The molecule has 16 heteroatoms. The maximum Gasteiger partial charge on any atom is 0.326 e. The Balaban J connectivity index is 5.60. The number of carbonyl (C=O) groups is 6. The zero-order valence-electron chi connectivity index (χ0n) is 20.9.